The minimum absolute atomic E-state index is 0.112. The zero-order valence-corrected chi connectivity index (χ0v) is 31.0. The lowest BCUT2D eigenvalue weighted by Gasteiger charge is -2.27. The highest BCUT2D eigenvalue weighted by Gasteiger charge is 2.24. The lowest BCUT2D eigenvalue weighted by Crippen LogP contribution is -2.10. The van der Waals surface area contributed by atoms with Gasteiger partial charge in [-0.15, -0.1) is 12.6 Å². The van der Waals surface area contributed by atoms with E-state index in [-0.39, 0.29) is 31.5 Å². The Morgan fingerprint density at radius 2 is 1.14 bits per heavy atom. The molecule has 0 bridgehead atoms. The number of ether oxygens (including phenoxy) is 2. The Kier molecular flexibility index (Phi) is 14.1. The third-order valence-corrected chi connectivity index (χ3v) is 10.9. The molecule has 15 heteroatoms. The fraction of sp³-hybridized carbons (Fsp3) is 0.294. The van der Waals surface area contributed by atoms with Gasteiger partial charge in [0, 0.05) is 39.0 Å². The number of nitro benzene ring substituents is 2. The van der Waals surface area contributed by atoms with Crippen LogP contribution in [0.4, 0.5) is 15.8 Å². The van der Waals surface area contributed by atoms with Crippen molar-refractivity contribution >= 4 is 82.2 Å². The zero-order chi connectivity index (χ0) is 35.8. The van der Waals surface area contributed by atoms with E-state index in [0.717, 1.165) is 33.4 Å². The van der Waals surface area contributed by atoms with Crippen LogP contribution in [0.5, 0.6) is 11.5 Å². The first-order valence-electron chi connectivity index (χ1n) is 15.0. The van der Waals surface area contributed by atoms with Crippen LogP contribution in [-0.2, 0) is 0 Å². The summed E-state index contributed by atoms with van der Waals surface area (Å²) in [6.45, 7) is 0. The van der Waals surface area contributed by atoms with Gasteiger partial charge in [-0.25, -0.2) is 4.39 Å². The molecule has 2 fully saturated rings. The van der Waals surface area contributed by atoms with E-state index < -0.39 is 15.7 Å². The molecule has 4 aromatic rings. The van der Waals surface area contributed by atoms with Crippen molar-refractivity contribution in [1.82, 2.24) is 0 Å². The molecule has 0 unspecified atom stereocenters. The number of hydrogen-bond acceptors (Lipinski definition) is 8. The van der Waals surface area contributed by atoms with Crippen LogP contribution >= 0.6 is 70.8 Å². The molecule has 2 saturated carbocycles. The van der Waals surface area contributed by atoms with Gasteiger partial charge in [0.25, 0.3) is 11.4 Å². The van der Waals surface area contributed by atoms with Crippen LogP contribution < -0.4 is 9.47 Å². The summed E-state index contributed by atoms with van der Waals surface area (Å²) in [4.78, 5) is 22.5. The Morgan fingerprint density at radius 1 is 0.714 bits per heavy atom. The molecule has 260 valence electrons. The van der Waals surface area contributed by atoms with Crippen molar-refractivity contribution in [3.05, 3.63) is 118 Å². The number of hydrogen-bond donors (Lipinski definition) is 1. The van der Waals surface area contributed by atoms with Crippen molar-refractivity contribution in [3.8, 4) is 11.5 Å². The molecular weight excluding hydrogens is 757 g/mol. The third kappa shape index (κ3) is 10.1. The highest BCUT2D eigenvalue weighted by molar-refractivity contribution is 7.99. The van der Waals surface area contributed by atoms with E-state index in [1.165, 1.54) is 73.5 Å². The Labute approximate surface area is 312 Å². The van der Waals surface area contributed by atoms with E-state index in [4.69, 9.17) is 55.9 Å². The van der Waals surface area contributed by atoms with E-state index in [9.17, 15) is 24.6 Å². The van der Waals surface area contributed by atoms with E-state index in [1.54, 1.807) is 14.2 Å². The van der Waals surface area contributed by atoms with Crippen LogP contribution in [0.2, 0.25) is 20.1 Å². The van der Waals surface area contributed by atoms with Crippen LogP contribution in [0.3, 0.4) is 0 Å². The smallest absolute Gasteiger partial charge is 0.272 e. The second kappa shape index (κ2) is 17.8. The van der Waals surface area contributed by atoms with Crippen molar-refractivity contribution in [2.45, 2.75) is 65.0 Å². The number of methoxy groups -OCH3 is 2. The molecule has 49 heavy (non-hydrogen) atoms. The van der Waals surface area contributed by atoms with Gasteiger partial charge in [-0.1, -0.05) is 71.0 Å². The summed E-state index contributed by atoms with van der Waals surface area (Å²) in [5, 5.41) is 20.9. The summed E-state index contributed by atoms with van der Waals surface area (Å²) in [5.41, 5.74) is 2.09. The lowest BCUT2D eigenvalue weighted by molar-refractivity contribution is -0.385. The zero-order valence-electron chi connectivity index (χ0n) is 26.3. The maximum atomic E-state index is 12.7. The van der Waals surface area contributed by atoms with Crippen LogP contribution in [0, 0.1) is 26.0 Å². The fourth-order valence-electron chi connectivity index (χ4n) is 5.09. The van der Waals surface area contributed by atoms with Crippen LogP contribution in [-0.4, -0.2) is 24.1 Å². The van der Waals surface area contributed by atoms with Gasteiger partial charge >= 0.3 is 0 Å². The summed E-state index contributed by atoms with van der Waals surface area (Å²) in [6, 6.07) is 16.6. The van der Waals surface area contributed by atoms with Crippen molar-refractivity contribution in [3.63, 3.8) is 0 Å². The molecule has 0 radical (unpaired) electrons. The molecule has 8 nitrogen and oxygen atoms in total. The number of nitrogens with zero attached hydrogens (tertiary/aromatic N) is 2. The largest absolute Gasteiger partial charge is 0.496 e. The average molecular weight is 789 g/mol. The summed E-state index contributed by atoms with van der Waals surface area (Å²) in [7, 11) is 3.41. The molecule has 0 aliphatic heterocycles. The molecule has 0 atom stereocenters. The summed E-state index contributed by atoms with van der Waals surface area (Å²) in [6.07, 6.45) is 7.53. The van der Waals surface area contributed by atoms with E-state index in [0.29, 0.717) is 16.7 Å². The Bertz CT molecular complexity index is 1800. The van der Waals surface area contributed by atoms with Gasteiger partial charge in [0.05, 0.1) is 44.2 Å². The highest BCUT2D eigenvalue weighted by Crippen LogP contribution is 2.46. The Balaban J connectivity index is 0.000000182. The predicted octanol–water partition coefficient (Wildman–Crippen LogP) is 12.6. The molecule has 0 aromatic heterocycles. The van der Waals surface area contributed by atoms with Crippen LogP contribution in [0.25, 0.3) is 0 Å². The fourth-order valence-corrected chi connectivity index (χ4v) is 7.36. The summed E-state index contributed by atoms with van der Waals surface area (Å²) >= 11 is 28.7. The van der Waals surface area contributed by atoms with Crippen molar-refractivity contribution < 1.29 is 23.7 Å². The molecular formula is C34H31Cl4FN2O6S2. The van der Waals surface area contributed by atoms with E-state index >= 15 is 0 Å². The quantitative estimate of drug-likeness (QED) is 0.0820. The van der Waals surface area contributed by atoms with Crippen molar-refractivity contribution in [2.24, 2.45) is 0 Å². The molecule has 0 spiro atoms. The second-order valence-electron chi connectivity index (χ2n) is 11.2. The van der Waals surface area contributed by atoms with Crippen LogP contribution in [0.15, 0.2) is 75.4 Å². The molecule has 0 heterocycles. The molecule has 4 aromatic carbocycles. The minimum atomic E-state index is -0.844. The lowest BCUT2D eigenvalue weighted by atomic mass is 9.80. The number of benzene rings is 4. The van der Waals surface area contributed by atoms with Crippen molar-refractivity contribution in [1.29, 1.82) is 0 Å². The van der Waals surface area contributed by atoms with Gasteiger partial charge in [-0.05, 0) is 85.0 Å². The average Bonchev–Trinajstić information content (AvgIpc) is 3.00. The normalized spacial score (nSPS) is 13.9. The van der Waals surface area contributed by atoms with Gasteiger partial charge in [-0.2, -0.15) is 0 Å². The van der Waals surface area contributed by atoms with Crippen LogP contribution in [0.1, 0.15) is 61.5 Å². The maximum absolute atomic E-state index is 12.7. The Hall–Kier alpha value is -2.93. The minimum Gasteiger partial charge on any atom is -0.496 e. The molecule has 2 aliphatic carbocycles. The number of nitro groups is 2. The topological polar surface area (TPSA) is 105 Å². The van der Waals surface area contributed by atoms with Gasteiger partial charge in [0.1, 0.15) is 11.5 Å². The standard InChI is InChI=1S/C17H15Cl2NO3S.C11H14OS.C6H2Cl2FNO2/c1-23-16-6-5-12(9-13(16)10-3-2-4-10)24-17-14(18)7-11(20(21)22)8-15(17)19;1-12-11-6-5-9(13)7-10(11)8-3-2-4-8;7-4-1-3(10(11)12)2-5(8)6(4)9/h5-10H,2-4H2,1H3;5-8,13H,2-4H2,1H3;1-2H. The van der Waals surface area contributed by atoms with Gasteiger partial charge < -0.3 is 9.47 Å². The second-order valence-corrected chi connectivity index (χ2v) is 14.4. The molecule has 2 aliphatic rings. The first-order valence-corrected chi connectivity index (χ1v) is 17.8. The molecule has 0 saturated heterocycles. The van der Waals surface area contributed by atoms with E-state index in [1.807, 2.05) is 24.3 Å². The van der Waals surface area contributed by atoms with Gasteiger partial charge in [0.15, 0.2) is 5.82 Å². The predicted molar refractivity (Wildman–Crippen MR) is 197 cm³/mol. The molecule has 0 amide bonds. The van der Waals surface area contributed by atoms with Crippen molar-refractivity contribution in [2.75, 3.05) is 14.2 Å². The molecule has 6 rings (SSSR count). The van der Waals surface area contributed by atoms with E-state index in [2.05, 4.69) is 24.8 Å². The highest BCUT2D eigenvalue weighted by atomic mass is 35.5. The SMILES string of the molecule is COc1ccc(S)cc1C1CCC1.COc1ccc(Sc2c(Cl)cc([N+](=O)[O-])cc2Cl)cc1C1CCC1.O=[N+]([O-])c1cc(Cl)c(F)c(Cl)c1. The first-order chi connectivity index (χ1) is 23.3. The summed E-state index contributed by atoms with van der Waals surface area (Å²) in [5.74, 6) is 2.31. The van der Waals surface area contributed by atoms with Gasteiger partial charge in [-0.3, -0.25) is 20.2 Å². The number of halogens is 5. The number of rotatable bonds is 8. The molecule has 0 N–H and O–H groups in total. The maximum Gasteiger partial charge on any atom is 0.272 e. The number of non-ortho nitro benzene ring substituents is 2. The monoisotopic (exact) mass is 786 g/mol. The Morgan fingerprint density at radius 3 is 1.55 bits per heavy atom. The third-order valence-electron chi connectivity index (χ3n) is 8.10. The first kappa shape index (κ1) is 38.9. The summed E-state index contributed by atoms with van der Waals surface area (Å²) < 4.78 is 23.5. The van der Waals surface area contributed by atoms with Gasteiger partial charge in [0.2, 0.25) is 0 Å². The number of thiol groups is 1.